The number of nitrogens with one attached hydrogen (secondary N) is 2. The molecule has 2 aromatic rings. The van der Waals surface area contributed by atoms with E-state index < -0.39 is 17.8 Å². The summed E-state index contributed by atoms with van der Waals surface area (Å²) in [6, 6.07) is 8.03. The Balaban J connectivity index is 1.73. The SMILES string of the molecule is O=C(NC1CCCCC1)C(Nc1ccc(C(F)(F)F)cc1)c1cccs1. The van der Waals surface area contributed by atoms with Gasteiger partial charge in [-0.25, -0.2) is 0 Å². The van der Waals surface area contributed by atoms with Crippen LogP contribution in [0, 0.1) is 0 Å². The molecule has 1 aromatic heterocycles. The van der Waals surface area contributed by atoms with Crippen LogP contribution in [-0.2, 0) is 11.0 Å². The lowest BCUT2D eigenvalue weighted by Gasteiger charge is -2.26. The second-order valence-electron chi connectivity index (χ2n) is 6.51. The fourth-order valence-corrected chi connectivity index (χ4v) is 3.95. The number of alkyl halides is 3. The number of anilines is 1. The predicted octanol–water partition coefficient (Wildman–Crippen LogP) is 5.37. The van der Waals surface area contributed by atoms with Crippen LogP contribution < -0.4 is 10.6 Å². The van der Waals surface area contributed by atoms with E-state index in [0.717, 1.165) is 42.7 Å². The first-order valence-electron chi connectivity index (χ1n) is 8.71. The van der Waals surface area contributed by atoms with Crippen molar-refractivity contribution in [1.29, 1.82) is 0 Å². The molecule has 0 aliphatic heterocycles. The molecule has 0 saturated heterocycles. The minimum atomic E-state index is -4.37. The average Bonchev–Trinajstić information content (AvgIpc) is 3.14. The fourth-order valence-electron chi connectivity index (χ4n) is 3.17. The number of thiophene rings is 1. The van der Waals surface area contributed by atoms with Crippen molar-refractivity contribution in [2.45, 2.75) is 50.4 Å². The van der Waals surface area contributed by atoms with Gasteiger partial charge in [0, 0.05) is 16.6 Å². The van der Waals surface area contributed by atoms with Crippen LogP contribution in [0.1, 0.15) is 48.6 Å². The highest BCUT2D eigenvalue weighted by Gasteiger charge is 2.30. The van der Waals surface area contributed by atoms with Gasteiger partial charge in [0.15, 0.2) is 0 Å². The average molecular weight is 382 g/mol. The van der Waals surface area contributed by atoms with Crippen molar-refractivity contribution in [2.75, 3.05) is 5.32 Å². The van der Waals surface area contributed by atoms with E-state index in [1.165, 1.54) is 29.9 Å². The fraction of sp³-hybridized carbons (Fsp3) is 0.421. The first kappa shape index (κ1) is 18.8. The standard InChI is InChI=1S/C19H21F3N2OS/c20-19(21,22)13-8-10-15(11-9-13)23-17(16-7-4-12-26-16)18(25)24-14-5-2-1-3-6-14/h4,7-12,14,17,23H,1-3,5-6H2,(H,24,25). The summed E-state index contributed by atoms with van der Waals surface area (Å²) >= 11 is 1.44. The Morgan fingerprint density at radius 1 is 1.08 bits per heavy atom. The zero-order chi connectivity index (χ0) is 18.6. The first-order chi connectivity index (χ1) is 12.4. The number of amides is 1. The number of halogens is 3. The third kappa shape index (κ3) is 4.78. The molecule has 1 amide bonds. The van der Waals surface area contributed by atoms with Crippen molar-refractivity contribution in [1.82, 2.24) is 5.32 Å². The lowest BCUT2D eigenvalue weighted by Crippen LogP contribution is -2.41. The van der Waals surface area contributed by atoms with Gasteiger partial charge in [0.1, 0.15) is 6.04 Å². The normalized spacial score (nSPS) is 16.9. The molecule has 0 spiro atoms. The van der Waals surface area contributed by atoms with Gasteiger partial charge in [-0.15, -0.1) is 11.3 Å². The number of carbonyl (C=O) groups is 1. The predicted molar refractivity (Wildman–Crippen MR) is 97.1 cm³/mol. The summed E-state index contributed by atoms with van der Waals surface area (Å²) in [5.41, 5.74) is -0.224. The van der Waals surface area contributed by atoms with Crippen LogP contribution in [0.25, 0.3) is 0 Å². The van der Waals surface area contributed by atoms with Gasteiger partial charge in [-0.2, -0.15) is 13.2 Å². The Bertz CT molecular complexity index is 707. The van der Waals surface area contributed by atoms with Crippen LogP contribution in [0.4, 0.5) is 18.9 Å². The molecule has 26 heavy (non-hydrogen) atoms. The van der Waals surface area contributed by atoms with Gasteiger partial charge in [0.05, 0.1) is 5.56 Å². The molecule has 1 atom stereocenters. The van der Waals surface area contributed by atoms with Gasteiger partial charge in [0.2, 0.25) is 5.91 Å². The van der Waals surface area contributed by atoms with E-state index in [1.54, 1.807) is 0 Å². The molecule has 7 heteroatoms. The molecule has 3 nitrogen and oxygen atoms in total. The summed E-state index contributed by atoms with van der Waals surface area (Å²) in [4.78, 5) is 13.6. The van der Waals surface area contributed by atoms with Crippen LogP contribution in [-0.4, -0.2) is 11.9 Å². The monoisotopic (exact) mass is 382 g/mol. The van der Waals surface area contributed by atoms with E-state index in [-0.39, 0.29) is 11.9 Å². The number of hydrogen-bond acceptors (Lipinski definition) is 3. The Morgan fingerprint density at radius 2 is 1.77 bits per heavy atom. The van der Waals surface area contributed by atoms with Crippen molar-refractivity contribution in [3.63, 3.8) is 0 Å². The smallest absolute Gasteiger partial charge is 0.369 e. The highest BCUT2D eigenvalue weighted by Crippen LogP contribution is 2.31. The van der Waals surface area contributed by atoms with E-state index in [4.69, 9.17) is 0 Å². The van der Waals surface area contributed by atoms with Gasteiger partial charge < -0.3 is 10.6 Å². The highest BCUT2D eigenvalue weighted by atomic mass is 32.1. The Kier molecular flexibility index (Phi) is 5.86. The van der Waals surface area contributed by atoms with E-state index >= 15 is 0 Å². The molecular formula is C19H21F3N2OS. The van der Waals surface area contributed by atoms with Gasteiger partial charge in [-0.3, -0.25) is 4.79 Å². The lowest BCUT2D eigenvalue weighted by molar-refractivity contribution is -0.137. The maximum atomic E-state index is 12.8. The quantitative estimate of drug-likeness (QED) is 0.730. The topological polar surface area (TPSA) is 41.1 Å². The number of rotatable bonds is 5. The van der Waals surface area contributed by atoms with E-state index in [2.05, 4.69) is 10.6 Å². The van der Waals surface area contributed by atoms with Crippen LogP contribution >= 0.6 is 11.3 Å². The van der Waals surface area contributed by atoms with Crippen molar-refractivity contribution in [3.05, 3.63) is 52.2 Å². The van der Waals surface area contributed by atoms with E-state index in [9.17, 15) is 18.0 Å². The second-order valence-corrected chi connectivity index (χ2v) is 7.49. The van der Waals surface area contributed by atoms with Crippen LogP contribution in [0.15, 0.2) is 41.8 Å². The summed E-state index contributed by atoms with van der Waals surface area (Å²) < 4.78 is 38.1. The summed E-state index contributed by atoms with van der Waals surface area (Å²) in [6.45, 7) is 0. The second kappa shape index (κ2) is 8.12. The first-order valence-corrected chi connectivity index (χ1v) is 9.59. The molecule has 0 radical (unpaired) electrons. The molecule has 0 bridgehead atoms. The summed E-state index contributed by atoms with van der Waals surface area (Å²) in [7, 11) is 0. The van der Waals surface area contributed by atoms with Crippen molar-refractivity contribution in [2.24, 2.45) is 0 Å². The van der Waals surface area contributed by atoms with Gasteiger partial charge in [-0.1, -0.05) is 25.3 Å². The molecule has 1 saturated carbocycles. The molecule has 1 heterocycles. The molecule has 140 valence electrons. The lowest BCUT2D eigenvalue weighted by atomic mass is 9.95. The van der Waals surface area contributed by atoms with Crippen molar-refractivity contribution in [3.8, 4) is 0 Å². The van der Waals surface area contributed by atoms with Crippen molar-refractivity contribution >= 4 is 22.9 Å². The molecule has 1 fully saturated rings. The molecular weight excluding hydrogens is 361 g/mol. The van der Waals surface area contributed by atoms with E-state index in [0.29, 0.717) is 5.69 Å². The number of carbonyl (C=O) groups excluding carboxylic acids is 1. The molecule has 2 N–H and O–H groups in total. The maximum absolute atomic E-state index is 12.8. The minimum absolute atomic E-state index is 0.140. The summed E-state index contributed by atoms with van der Waals surface area (Å²) in [5.74, 6) is -0.140. The Morgan fingerprint density at radius 3 is 2.35 bits per heavy atom. The minimum Gasteiger partial charge on any atom is -0.369 e. The van der Waals surface area contributed by atoms with Crippen LogP contribution in [0.2, 0.25) is 0 Å². The van der Waals surface area contributed by atoms with Crippen LogP contribution in [0.3, 0.4) is 0 Å². The maximum Gasteiger partial charge on any atom is 0.416 e. The number of hydrogen-bond donors (Lipinski definition) is 2. The third-order valence-corrected chi connectivity index (χ3v) is 5.50. The van der Waals surface area contributed by atoms with Crippen LogP contribution in [0.5, 0.6) is 0 Å². The van der Waals surface area contributed by atoms with Gasteiger partial charge in [-0.05, 0) is 48.6 Å². The van der Waals surface area contributed by atoms with Gasteiger partial charge in [0.25, 0.3) is 0 Å². The molecule has 1 aliphatic rings. The molecule has 1 aromatic carbocycles. The Labute approximate surface area is 154 Å². The van der Waals surface area contributed by atoms with Gasteiger partial charge >= 0.3 is 6.18 Å². The largest absolute Gasteiger partial charge is 0.416 e. The third-order valence-electron chi connectivity index (χ3n) is 4.56. The molecule has 1 unspecified atom stereocenters. The Hall–Kier alpha value is -2.02. The molecule has 1 aliphatic carbocycles. The summed E-state index contributed by atoms with van der Waals surface area (Å²) in [5, 5.41) is 8.05. The number of benzene rings is 1. The van der Waals surface area contributed by atoms with Crippen molar-refractivity contribution < 1.29 is 18.0 Å². The molecule has 3 rings (SSSR count). The zero-order valence-electron chi connectivity index (χ0n) is 14.2. The van der Waals surface area contributed by atoms with E-state index in [1.807, 2.05) is 17.5 Å². The summed E-state index contributed by atoms with van der Waals surface area (Å²) in [6.07, 6.45) is 1.00. The zero-order valence-corrected chi connectivity index (χ0v) is 15.0. The highest BCUT2D eigenvalue weighted by molar-refractivity contribution is 7.10.